The molecule has 0 bridgehead atoms. The molecule has 1 aliphatic rings. The van der Waals surface area contributed by atoms with Crippen LogP contribution < -0.4 is 16.4 Å². The van der Waals surface area contributed by atoms with Crippen LogP contribution in [0.2, 0.25) is 0 Å². The first-order valence-electron chi connectivity index (χ1n) is 8.56. The molecule has 1 aliphatic heterocycles. The number of likely N-dealkylation sites (N-methyl/N-ethyl adjacent to an activating group) is 1. The van der Waals surface area contributed by atoms with Crippen LogP contribution in [0.5, 0.6) is 0 Å². The van der Waals surface area contributed by atoms with E-state index in [9.17, 15) is 9.59 Å². The fourth-order valence-corrected chi connectivity index (χ4v) is 3.56. The van der Waals surface area contributed by atoms with Crippen molar-refractivity contribution in [2.24, 2.45) is 4.99 Å². The Balaban J connectivity index is 1.54. The van der Waals surface area contributed by atoms with E-state index in [2.05, 4.69) is 25.6 Å². The molecular formula is C17H21N7O3S. The number of anilines is 1. The van der Waals surface area contributed by atoms with Crippen LogP contribution in [0.3, 0.4) is 0 Å². The maximum Gasteiger partial charge on any atom is 0.242 e. The largest absolute Gasteiger partial charge is 0.474 e. The van der Waals surface area contributed by atoms with Gasteiger partial charge in [-0.05, 0) is 13.0 Å². The van der Waals surface area contributed by atoms with Crippen molar-refractivity contribution in [1.29, 1.82) is 0 Å². The van der Waals surface area contributed by atoms with E-state index in [4.69, 9.17) is 10.5 Å². The maximum absolute atomic E-state index is 12.2. The van der Waals surface area contributed by atoms with E-state index in [0.29, 0.717) is 43.3 Å². The molecule has 0 fully saturated rings. The van der Waals surface area contributed by atoms with Crippen molar-refractivity contribution in [3.63, 3.8) is 0 Å². The van der Waals surface area contributed by atoms with E-state index in [1.165, 1.54) is 17.7 Å². The lowest BCUT2D eigenvalue weighted by Crippen LogP contribution is -2.34. The van der Waals surface area contributed by atoms with Gasteiger partial charge in [0.1, 0.15) is 28.8 Å². The van der Waals surface area contributed by atoms with Crippen LogP contribution >= 0.6 is 11.3 Å². The molecule has 0 saturated heterocycles. The Morgan fingerprint density at radius 2 is 2.36 bits per heavy atom. The van der Waals surface area contributed by atoms with E-state index in [1.54, 1.807) is 18.9 Å². The average molecular weight is 403 g/mol. The van der Waals surface area contributed by atoms with Crippen LogP contribution in [-0.2, 0) is 20.9 Å². The van der Waals surface area contributed by atoms with Crippen LogP contribution in [0.15, 0.2) is 22.6 Å². The number of nitrogen functional groups attached to an aromatic ring is 1. The number of carbonyl (C=O) groups excluding carboxylic acids is 2. The highest BCUT2D eigenvalue weighted by atomic mass is 32.1. The monoisotopic (exact) mass is 403 g/mol. The number of nitrogens with zero attached hydrogens (tertiary/aromatic N) is 4. The molecule has 2 aromatic rings. The van der Waals surface area contributed by atoms with Crippen LogP contribution in [0.25, 0.3) is 10.2 Å². The van der Waals surface area contributed by atoms with Crippen molar-refractivity contribution in [3.8, 4) is 0 Å². The van der Waals surface area contributed by atoms with Gasteiger partial charge in [0.05, 0.1) is 24.8 Å². The van der Waals surface area contributed by atoms with Gasteiger partial charge in [0, 0.05) is 18.5 Å². The highest BCUT2D eigenvalue weighted by Crippen LogP contribution is 2.27. The number of hydrogen-bond donors (Lipinski definition) is 3. The van der Waals surface area contributed by atoms with Crippen LogP contribution in [0, 0.1) is 6.92 Å². The Kier molecular flexibility index (Phi) is 6.04. The number of nitrogens with one attached hydrogen (secondary N) is 2. The summed E-state index contributed by atoms with van der Waals surface area (Å²) in [6.45, 7) is 3.25. The van der Waals surface area contributed by atoms with Crippen molar-refractivity contribution in [2.45, 2.75) is 13.5 Å². The number of aryl methyl sites for hydroxylation is 1. The second-order valence-electron chi connectivity index (χ2n) is 6.14. The Labute approximate surface area is 165 Å². The Morgan fingerprint density at radius 1 is 1.54 bits per heavy atom. The van der Waals surface area contributed by atoms with Crippen molar-refractivity contribution in [3.05, 3.63) is 28.3 Å². The van der Waals surface area contributed by atoms with Crippen molar-refractivity contribution >= 4 is 45.9 Å². The third kappa shape index (κ3) is 4.74. The zero-order chi connectivity index (χ0) is 20.1. The summed E-state index contributed by atoms with van der Waals surface area (Å²) in [4.78, 5) is 39.1. The lowest BCUT2D eigenvalue weighted by molar-refractivity contribution is -0.121. The standard InChI is InChI=1S/C17H21N7O3S/c1-10-22-15(18)12-5-11(28-17(12)23-10)6-20-14(26)7-24(2)9-21-16-13(8-25)19-3-4-27-16/h5,8-9,19H,3-4,6-7H2,1-2H3,(H,20,26)(H2,18,22,23)/b21-9-. The van der Waals surface area contributed by atoms with Gasteiger partial charge in [-0.15, -0.1) is 11.3 Å². The van der Waals surface area contributed by atoms with Gasteiger partial charge in [0.2, 0.25) is 11.8 Å². The zero-order valence-corrected chi connectivity index (χ0v) is 16.4. The quantitative estimate of drug-likeness (QED) is 0.338. The summed E-state index contributed by atoms with van der Waals surface area (Å²) >= 11 is 1.47. The molecule has 2 aromatic heterocycles. The minimum absolute atomic E-state index is 0.104. The number of nitrogens with two attached hydrogens (primary N) is 1. The molecule has 3 rings (SSSR count). The maximum atomic E-state index is 12.2. The predicted molar refractivity (Wildman–Crippen MR) is 107 cm³/mol. The van der Waals surface area contributed by atoms with E-state index >= 15 is 0 Å². The highest BCUT2D eigenvalue weighted by molar-refractivity contribution is 7.18. The predicted octanol–water partition coefficient (Wildman–Crippen LogP) is 0.146. The molecule has 11 heteroatoms. The normalized spacial score (nSPS) is 14.1. The number of allylic oxidation sites excluding steroid dienone is 1. The van der Waals surface area contributed by atoms with E-state index in [0.717, 1.165) is 15.1 Å². The molecule has 1 amide bonds. The minimum atomic E-state index is -0.172. The number of rotatable bonds is 7. The molecular weight excluding hydrogens is 382 g/mol. The number of thiophene rings is 1. The lowest BCUT2D eigenvalue weighted by Gasteiger charge is -2.17. The molecule has 0 aliphatic carbocycles. The number of aldehydes is 1. The summed E-state index contributed by atoms with van der Waals surface area (Å²) in [5, 5.41) is 6.54. The molecule has 0 aromatic carbocycles. The fourth-order valence-electron chi connectivity index (χ4n) is 2.54. The molecule has 0 saturated carbocycles. The highest BCUT2D eigenvalue weighted by Gasteiger charge is 2.13. The molecule has 4 N–H and O–H groups in total. The number of fused-ring (bicyclic) bond motifs is 1. The van der Waals surface area contributed by atoms with Gasteiger partial charge in [-0.25, -0.2) is 15.0 Å². The Morgan fingerprint density at radius 3 is 3.14 bits per heavy atom. The molecule has 0 radical (unpaired) electrons. The second-order valence-corrected chi connectivity index (χ2v) is 7.25. The second kappa shape index (κ2) is 8.65. The summed E-state index contributed by atoms with van der Waals surface area (Å²) in [5.41, 5.74) is 6.21. The molecule has 0 unspecified atom stereocenters. The Hall–Kier alpha value is -3.21. The summed E-state index contributed by atoms with van der Waals surface area (Å²) in [6.07, 6.45) is 2.10. The van der Waals surface area contributed by atoms with Crippen molar-refractivity contribution in [2.75, 3.05) is 32.5 Å². The SMILES string of the molecule is Cc1nc(N)c2cc(CNC(=O)CN(C)/C=N\C3=C(C=O)NCCO3)sc2n1. The van der Waals surface area contributed by atoms with Crippen LogP contribution in [-0.4, -0.2) is 60.1 Å². The fraction of sp³-hybridized carbons (Fsp3) is 0.353. The molecule has 0 spiro atoms. The summed E-state index contributed by atoms with van der Waals surface area (Å²) in [7, 11) is 1.71. The molecule has 10 nitrogen and oxygen atoms in total. The number of hydrogen-bond acceptors (Lipinski definition) is 9. The van der Waals surface area contributed by atoms with Gasteiger partial charge in [0.25, 0.3) is 0 Å². The first-order chi connectivity index (χ1) is 13.5. The van der Waals surface area contributed by atoms with Gasteiger partial charge in [0.15, 0.2) is 6.29 Å². The van der Waals surface area contributed by atoms with Gasteiger partial charge in [-0.1, -0.05) is 0 Å². The summed E-state index contributed by atoms with van der Waals surface area (Å²) in [5.74, 6) is 1.10. The number of aliphatic imine (C=N–C) groups is 1. The first kappa shape index (κ1) is 19.5. The van der Waals surface area contributed by atoms with Crippen molar-refractivity contribution in [1.82, 2.24) is 25.5 Å². The van der Waals surface area contributed by atoms with Crippen molar-refractivity contribution < 1.29 is 14.3 Å². The lowest BCUT2D eigenvalue weighted by atomic mass is 10.3. The first-order valence-corrected chi connectivity index (χ1v) is 9.37. The van der Waals surface area contributed by atoms with Gasteiger partial charge < -0.3 is 26.0 Å². The summed E-state index contributed by atoms with van der Waals surface area (Å²) < 4.78 is 5.33. The topological polar surface area (TPSA) is 135 Å². The van der Waals surface area contributed by atoms with E-state index < -0.39 is 0 Å². The number of carbonyl (C=O) groups is 2. The third-order valence-electron chi connectivity index (χ3n) is 3.81. The molecule has 28 heavy (non-hydrogen) atoms. The van der Waals surface area contributed by atoms with Crippen LogP contribution in [0.1, 0.15) is 10.7 Å². The minimum Gasteiger partial charge on any atom is -0.474 e. The number of ether oxygens (including phenoxy) is 1. The zero-order valence-electron chi connectivity index (χ0n) is 15.6. The summed E-state index contributed by atoms with van der Waals surface area (Å²) in [6, 6.07) is 1.89. The average Bonchev–Trinajstić information content (AvgIpc) is 3.08. The van der Waals surface area contributed by atoms with Gasteiger partial charge >= 0.3 is 0 Å². The van der Waals surface area contributed by atoms with E-state index in [1.807, 2.05) is 6.07 Å². The molecule has 0 atom stereocenters. The number of amides is 1. The Bertz CT molecular complexity index is 954. The number of aromatic nitrogens is 2. The molecule has 148 valence electrons. The molecule has 3 heterocycles. The van der Waals surface area contributed by atoms with Gasteiger partial charge in [-0.3, -0.25) is 9.59 Å². The third-order valence-corrected chi connectivity index (χ3v) is 4.84. The van der Waals surface area contributed by atoms with E-state index in [-0.39, 0.29) is 18.3 Å². The smallest absolute Gasteiger partial charge is 0.242 e. The van der Waals surface area contributed by atoms with Crippen LogP contribution in [0.4, 0.5) is 5.82 Å². The van der Waals surface area contributed by atoms with Gasteiger partial charge in [-0.2, -0.15) is 0 Å².